The minimum absolute atomic E-state index is 0.0132. The molecule has 5 N–H and O–H groups in total. The zero-order valence-electron chi connectivity index (χ0n) is 18.0. The maximum Gasteiger partial charge on any atom is 0.338 e. The number of allylic oxidation sites excluding steroid dienone is 1. The number of ether oxygens (including phenoxy) is 4. The summed E-state index contributed by atoms with van der Waals surface area (Å²) in [4.78, 5) is 24.1. The second kappa shape index (κ2) is 10.2. The summed E-state index contributed by atoms with van der Waals surface area (Å²) in [7, 11) is 0. The Bertz CT molecular complexity index is 957. The first-order chi connectivity index (χ1) is 16.3. The summed E-state index contributed by atoms with van der Waals surface area (Å²) < 4.78 is 22.1. The maximum atomic E-state index is 12.4. The van der Waals surface area contributed by atoms with Crippen LogP contribution in [0.3, 0.4) is 0 Å². The van der Waals surface area contributed by atoms with Gasteiger partial charge in [0.1, 0.15) is 31.0 Å². The van der Waals surface area contributed by atoms with Gasteiger partial charge >= 0.3 is 11.9 Å². The molecule has 11 nitrogen and oxygen atoms in total. The summed E-state index contributed by atoms with van der Waals surface area (Å²) in [6, 6.07) is 8.37. The number of aliphatic carboxylic acids is 1. The average Bonchev–Trinajstić information content (AvgIpc) is 3.27. The van der Waals surface area contributed by atoms with Crippen LogP contribution in [0.25, 0.3) is 0 Å². The third-order valence-corrected chi connectivity index (χ3v) is 6.26. The van der Waals surface area contributed by atoms with E-state index in [1.165, 1.54) is 0 Å². The van der Waals surface area contributed by atoms with Crippen molar-refractivity contribution < 1.29 is 54.1 Å². The van der Waals surface area contributed by atoms with Crippen molar-refractivity contribution in [3.8, 4) is 0 Å². The smallest absolute Gasteiger partial charge is 0.338 e. The number of aliphatic hydroxyl groups is 4. The van der Waals surface area contributed by atoms with Crippen LogP contribution in [0.15, 0.2) is 53.8 Å². The molecule has 0 spiro atoms. The van der Waals surface area contributed by atoms with E-state index in [0.29, 0.717) is 17.6 Å². The van der Waals surface area contributed by atoms with Gasteiger partial charge in [0, 0.05) is 5.92 Å². The second-order valence-electron chi connectivity index (χ2n) is 8.31. The van der Waals surface area contributed by atoms with E-state index in [1.807, 2.05) is 0 Å². The molecule has 0 saturated carbocycles. The zero-order chi connectivity index (χ0) is 24.4. The van der Waals surface area contributed by atoms with Gasteiger partial charge in [-0.25, -0.2) is 9.59 Å². The van der Waals surface area contributed by atoms with Crippen molar-refractivity contribution in [1.82, 2.24) is 0 Å². The Hall–Kier alpha value is -2.80. The predicted molar refractivity (Wildman–Crippen MR) is 112 cm³/mol. The fourth-order valence-corrected chi connectivity index (χ4v) is 4.42. The van der Waals surface area contributed by atoms with Gasteiger partial charge in [-0.3, -0.25) is 0 Å². The van der Waals surface area contributed by atoms with Crippen LogP contribution in [0.5, 0.6) is 0 Å². The van der Waals surface area contributed by atoms with Crippen molar-refractivity contribution in [3.05, 3.63) is 59.4 Å². The molecule has 0 amide bonds. The van der Waals surface area contributed by atoms with Crippen LogP contribution >= 0.6 is 0 Å². The number of hydrogen-bond donors (Lipinski definition) is 5. The number of rotatable bonds is 7. The van der Waals surface area contributed by atoms with Crippen molar-refractivity contribution in [2.75, 3.05) is 13.2 Å². The summed E-state index contributed by atoms with van der Waals surface area (Å²) in [6.07, 6.45) is -5.53. The highest BCUT2D eigenvalue weighted by molar-refractivity contribution is 5.89. The van der Waals surface area contributed by atoms with Crippen LogP contribution in [0.4, 0.5) is 0 Å². The average molecular weight is 478 g/mol. The molecule has 34 heavy (non-hydrogen) atoms. The molecule has 3 aliphatic rings. The number of carboxylic acids is 1. The Morgan fingerprint density at radius 1 is 1.03 bits per heavy atom. The van der Waals surface area contributed by atoms with E-state index in [2.05, 4.69) is 0 Å². The van der Waals surface area contributed by atoms with Gasteiger partial charge in [-0.2, -0.15) is 0 Å². The summed E-state index contributed by atoms with van der Waals surface area (Å²) in [5, 5.41) is 49.3. The first kappa shape index (κ1) is 24.3. The number of carboxylic acid groups (broad SMARTS) is 1. The van der Waals surface area contributed by atoms with Crippen LogP contribution < -0.4 is 0 Å². The zero-order valence-corrected chi connectivity index (χ0v) is 18.0. The van der Waals surface area contributed by atoms with Crippen LogP contribution in [-0.2, 0) is 23.7 Å². The Labute approximate surface area is 194 Å². The standard InChI is InChI=1S/C23H26O11/c24-8-15-17(25)18(26)19(27)23(33-15)34-22-16-12(6-7-13(16)14(10-32-22)20(28)29)9-31-21(30)11-4-2-1-3-5-11/h1-6,10,13,15-19,22-27H,7-9H2,(H,28,29)/t13-,15+,16-,17+,18-,19+,22+,23-/m0/s1. The highest BCUT2D eigenvalue weighted by Crippen LogP contribution is 2.44. The highest BCUT2D eigenvalue weighted by Gasteiger charge is 2.49. The minimum atomic E-state index is -1.66. The molecule has 0 bridgehead atoms. The molecule has 8 atom stereocenters. The molecule has 1 aromatic rings. The minimum Gasteiger partial charge on any atom is -0.478 e. The summed E-state index contributed by atoms with van der Waals surface area (Å²) in [5.74, 6) is -2.96. The van der Waals surface area contributed by atoms with Gasteiger partial charge in [0.25, 0.3) is 0 Å². The number of aliphatic hydroxyl groups excluding tert-OH is 4. The van der Waals surface area contributed by atoms with Gasteiger partial charge in [-0.15, -0.1) is 0 Å². The molecular weight excluding hydrogens is 452 g/mol. The SMILES string of the molecule is O=C(O)C1=CO[C@H](O[C@@H]2O[C@H](CO)[C@@H](O)[C@H](O)[C@H]2O)[C@H]2C(COC(=O)c3ccccc3)=CC[C@@H]12. The Kier molecular flexibility index (Phi) is 7.31. The van der Waals surface area contributed by atoms with Crippen molar-refractivity contribution in [1.29, 1.82) is 0 Å². The van der Waals surface area contributed by atoms with Crippen molar-refractivity contribution >= 4 is 11.9 Å². The molecule has 0 aromatic heterocycles. The van der Waals surface area contributed by atoms with E-state index < -0.39 is 67.4 Å². The molecule has 0 radical (unpaired) electrons. The van der Waals surface area contributed by atoms with Crippen molar-refractivity contribution in [2.24, 2.45) is 11.8 Å². The summed E-state index contributed by atoms with van der Waals surface area (Å²) in [6.45, 7) is -0.772. The largest absolute Gasteiger partial charge is 0.478 e. The molecule has 4 rings (SSSR count). The van der Waals surface area contributed by atoms with Crippen LogP contribution in [0.2, 0.25) is 0 Å². The molecule has 1 aromatic carbocycles. The predicted octanol–water partition coefficient (Wildman–Crippen LogP) is -0.453. The molecule has 1 saturated heterocycles. The van der Waals surface area contributed by atoms with E-state index in [-0.39, 0.29) is 12.2 Å². The number of hydrogen-bond acceptors (Lipinski definition) is 10. The normalized spacial score (nSPS) is 34.9. The van der Waals surface area contributed by atoms with Crippen LogP contribution in [0.1, 0.15) is 16.8 Å². The molecule has 11 heteroatoms. The Morgan fingerprint density at radius 3 is 2.44 bits per heavy atom. The van der Waals surface area contributed by atoms with E-state index in [0.717, 1.165) is 6.26 Å². The van der Waals surface area contributed by atoms with E-state index in [4.69, 9.17) is 18.9 Å². The lowest BCUT2D eigenvalue weighted by Crippen LogP contribution is -2.60. The van der Waals surface area contributed by atoms with Gasteiger partial charge in [0.05, 0.1) is 29.9 Å². The van der Waals surface area contributed by atoms with Crippen molar-refractivity contribution in [3.63, 3.8) is 0 Å². The van der Waals surface area contributed by atoms with E-state index in [1.54, 1.807) is 36.4 Å². The number of esters is 1. The van der Waals surface area contributed by atoms with Crippen LogP contribution in [-0.4, -0.2) is 87.7 Å². The molecule has 1 fully saturated rings. The Morgan fingerprint density at radius 2 is 1.76 bits per heavy atom. The second-order valence-corrected chi connectivity index (χ2v) is 8.31. The molecule has 2 aliphatic heterocycles. The third kappa shape index (κ3) is 4.71. The first-order valence-corrected chi connectivity index (χ1v) is 10.8. The summed E-state index contributed by atoms with van der Waals surface area (Å²) >= 11 is 0. The van der Waals surface area contributed by atoms with Gasteiger partial charge in [-0.05, 0) is 24.1 Å². The number of benzene rings is 1. The lowest BCUT2D eigenvalue weighted by molar-refractivity contribution is -0.339. The highest BCUT2D eigenvalue weighted by atomic mass is 16.8. The molecule has 0 unspecified atom stereocenters. The third-order valence-electron chi connectivity index (χ3n) is 6.26. The number of carbonyl (C=O) groups is 2. The van der Waals surface area contributed by atoms with Crippen molar-refractivity contribution in [2.45, 2.75) is 43.4 Å². The van der Waals surface area contributed by atoms with Crippen LogP contribution in [0, 0.1) is 11.8 Å². The van der Waals surface area contributed by atoms with Gasteiger partial charge in [-0.1, -0.05) is 24.3 Å². The van der Waals surface area contributed by atoms with Gasteiger partial charge < -0.3 is 44.5 Å². The summed E-state index contributed by atoms with van der Waals surface area (Å²) in [5.41, 5.74) is 0.938. The molecule has 184 valence electrons. The fourth-order valence-electron chi connectivity index (χ4n) is 4.42. The fraction of sp³-hybridized carbons (Fsp3) is 0.478. The molecule has 1 aliphatic carbocycles. The first-order valence-electron chi connectivity index (χ1n) is 10.8. The van der Waals surface area contributed by atoms with Gasteiger partial charge in [0.15, 0.2) is 6.29 Å². The quantitative estimate of drug-likeness (QED) is 0.254. The number of fused-ring (bicyclic) bond motifs is 1. The monoisotopic (exact) mass is 478 g/mol. The number of carbonyl (C=O) groups excluding carboxylic acids is 1. The van der Waals surface area contributed by atoms with E-state index in [9.17, 15) is 35.1 Å². The van der Waals surface area contributed by atoms with Gasteiger partial charge in [0.2, 0.25) is 6.29 Å². The lowest BCUT2D eigenvalue weighted by atomic mass is 9.83. The molecule has 2 heterocycles. The topological polar surface area (TPSA) is 172 Å². The molecular formula is C23H26O11. The maximum absolute atomic E-state index is 12.4. The lowest BCUT2D eigenvalue weighted by Gasteiger charge is -2.42. The Balaban J connectivity index is 1.51. The van der Waals surface area contributed by atoms with E-state index >= 15 is 0 Å².